The lowest BCUT2D eigenvalue weighted by Crippen LogP contribution is -2.21. The van der Waals surface area contributed by atoms with Crippen LogP contribution in [-0.2, 0) is 6.54 Å². The largest absolute Gasteiger partial charge is 0.573 e. The highest BCUT2D eigenvalue weighted by Crippen LogP contribution is 2.24. The fourth-order valence-electron chi connectivity index (χ4n) is 3.24. The van der Waals surface area contributed by atoms with Crippen LogP contribution in [-0.4, -0.2) is 35.7 Å². The summed E-state index contributed by atoms with van der Waals surface area (Å²) in [5.41, 5.74) is 2.36. The third-order valence-corrected chi connectivity index (χ3v) is 4.91. The van der Waals surface area contributed by atoms with Crippen molar-refractivity contribution in [2.24, 2.45) is 4.99 Å². The van der Waals surface area contributed by atoms with Gasteiger partial charge >= 0.3 is 6.36 Å². The molecule has 2 aromatic heterocycles. The topological polar surface area (TPSA) is 59.7 Å². The van der Waals surface area contributed by atoms with Crippen LogP contribution in [0.15, 0.2) is 77.3 Å². The quantitative estimate of drug-likeness (QED) is 0.407. The number of rotatable bonds is 9. The second-order valence-electron chi connectivity index (χ2n) is 7.65. The fraction of sp³-hybridized carbons (Fsp3) is 0.240. The average molecular weight is 470 g/mol. The summed E-state index contributed by atoms with van der Waals surface area (Å²) in [6.45, 7) is 7.20. The summed E-state index contributed by atoms with van der Waals surface area (Å²) < 4.78 is 42.3. The number of benzene rings is 1. The van der Waals surface area contributed by atoms with Gasteiger partial charge in [0.1, 0.15) is 11.6 Å². The molecule has 34 heavy (non-hydrogen) atoms. The molecule has 2 heterocycles. The zero-order chi connectivity index (χ0) is 24.7. The van der Waals surface area contributed by atoms with Crippen molar-refractivity contribution < 1.29 is 17.9 Å². The highest BCUT2D eigenvalue weighted by Gasteiger charge is 2.30. The van der Waals surface area contributed by atoms with Crippen molar-refractivity contribution in [3.05, 3.63) is 94.5 Å². The number of hydrogen-bond donors (Lipinski definition) is 0. The standard InChI is InChI=1S/C25H25F3N4O2/c1-4-13-31(3)23-14-19(11-12-29-23)16-32-17-20(5-10-24(32)33)15-30-18(2)21-6-8-22(9-7-21)34-25(26,27)28/h5-12,14-15,17H,2,4,13,16H2,1,3H3. The van der Waals surface area contributed by atoms with Crippen molar-refractivity contribution in [3.8, 4) is 5.75 Å². The Labute approximate surface area is 195 Å². The Hall–Kier alpha value is -3.88. The maximum absolute atomic E-state index is 12.4. The lowest BCUT2D eigenvalue weighted by Gasteiger charge is -2.18. The number of anilines is 1. The second kappa shape index (κ2) is 10.8. The molecule has 1 aromatic carbocycles. The van der Waals surface area contributed by atoms with Gasteiger partial charge in [-0.05, 0) is 60.0 Å². The summed E-state index contributed by atoms with van der Waals surface area (Å²) in [4.78, 5) is 23.1. The summed E-state index contributed by atoms with van der Waals surface area (Å²) in [7, 11) is 1.97. The van der Waals surface area contributed by atoms with E-state index in [0.717, 1.165) is 24.3 Å². The van der Waals surface area contributed by atoms with E-state index in [9.17, 15) is 18.0 Å². The highest BCUT2D eigenvalue weighted by molar-refractivity contribution is 5.84. The number of ether oxygens (including phenoxy) is 1. The number of aliphatic imine (C=N–C) groups is 1. The van der Waals surface area contributed by atoms with Gasteiger partial charge in [0.05, 0.1) is 12.2 Å². The van der Waals surface area contributed by atoms with Crippen LogP contribution in [0, 0.1) is 0 Å². The second-order valence-corrected chi connectivity index (χ2v) is 7.65. The van der Waals surface area contributed by atoms with E-state index in [2.05, 4.69) is 33.1 Å². The zero-order valence-corrected chi connectivity index (χ0v) is 18.9. The molecule has 3 aromatic rings. The highest BCUT2D eigenvalue weighted by atomic mass is 19.4. The van der Waals surface area contributed by atoms with Gasteiger partial charge in [-0.2, -0.15) is 0 Å². The van der Waals surface area contributed by atoms with E-state index in [0.29, 0.717) is 23.4 Å². The Kier molecular flexibility index (Phi) is 7.88. The first kappa shape index (κ1) is 24.8. The summed E-state index contributed by atoms with van der Waals surface area (Å²) in [6, 6.07) is 12.2. The molecule has 0 spiro atoms. The molecule has 0 fully saturated rings. The van der Waals surface area contributed by atoms with E-state index >= 15 is 0 Å². The van der Waals surface area contributed by atoms with Crippen LogP contribution in [0.2, 0.25) is 0 Å². The number of hydrogen-bond acceptors (Lipinski definition) is 5. The number of nitrogens with zero attached hydrogens (tertiary/aromatic N) is 4. The van der Waals surface area contributed by atoms with Crippen LogP contribution >= 0.6 is 0 Å². The Morgan fingerprint density at radius 2 is 1.94 bits per heavy atom. The fourth-order valence-corrected chi connectivity index (χ4v) is 3.24. The zero-order valence-electron chi connectivity index (χ0n) is 18.9. The summed E-state index contributed by atoms with van der Waals surface area (Å²) in [5, 5.41) is 0. The molecule has 0 bridgehead atoms. The predicted molar refractivity (Wildman–Crippen MR) is 127 cm³/mol. The minimum Gasteiger partial charge on any atom is -0.406 e. The minimum absolute atomic E-state index is 0.156. The van der Waals surface area contributed by atoms with Gasteiger partial charge < -0.3 is 14.2 Å². The summed E-state index contributed by atoms with van der Waals surface area (Å²) in [6.07, 6.45) is 1.21. The van der Waals surface area contributed by atoms with Gasteiger partial charge in [-0.15, -0.1) is 13.2 Å². The molecule has 0 aliphatic heterocycles. The maximum Gasteiger partial charge on any atom is 0.573 e. The Balaban J connectivity index is 1.72. The first-order valence-corrected chi connectivity index (χ1v) is 10.6. The lowest BCUT2D eigenvalue weighted by atomic mass is 10.2. The van der Waals surface area contributed by atoms with Gasteiger partial charge in [-0.3, -0.25) is 9.79 Å². The molecule has 9 heteroatoms. The van der Waals surface area contributed by atoms with Gasteiger partial charge in [-0.1, -0.05) is 13.5 Å². The number of pyridine rings is 2. The van der Waals surface area contributed by atoms with E-state index in [-0.39, 0.29) is 11.3 Å². The van der Waals surface area contributed by atoms with E-state index in [1.807, 2.05) is 19.2 Å². The number of aromatic nitrogens is 2. The smallest absolute Gasteiger partial charge is 0.406 e. The average Bonchev–Trinajstić information content (AvgIpc) is 2.79. The van der Waals surface area contributed by atoms with Crippen molar-refractivity contribution in [1.29, 1.82) is 0 Å². The van der Waals surface area contributed by atoms with Crippen LogP contribution in [0.4, 0.5) is 19.0 Å². The molecule has 0 N–H and O–H groups in total. The first-order valence-electron chi connectivity index (χ1n) is 10.6. The molecule has 0 atom stereocenters. The molecule has 3 rings (SSSR count). The normalized spacial score (nSPS) is 11.6. The first-order chi connectivity index (χ1) is 16.1. The van der Waals surface area contributed by atoms with Crippen LogP contribution < -0.4 is 15.2 Å². The van der Waals surface area contributed by atoms with Crippen molar-refractivity contribution in [1.82, 2.24) is 9.55 Å². The van der Waals surface area contributed by atoms with E-state index in [1.54, 1.807) is 29.2 Å². The SMILES string of the molecule is C=C(N=Cc1ccc(=O)n(Cc2ccnc(N(C)CCC)c2)c1)c1ccc(OC(F)(F)F)cc1. The van der Waals surface area contributed by atoms with Crippen LogP contribution in [0.5, 0.6) is 5.75 Å². The number of alkyl halides is 3. The van der Waals surface area contributed by atoms with Crippen molar-refractivity contribution in [3.63, 3.8) is 0 Å². The monoisotopic (exact) mass is 470 g/mol. The van der Waals surface area contributed by atoms with E-state index < -0.39 is 6.36 Å². The molecule has 0 saturated heterocycles. The minimum atomic E-state index is -4.75. The van der Waals surface area contributed by atoms with Crippen molar-refractivity contribution >= 4 is 17.7 Å². The predicted octanol–water partition coefficient (Wildman–Crippen LogP) is 5.13. The third-order valence-electron chi connectivity index (χ3n) is 4.91. The molecule has 0 unspecified atom stereocenters. The van der Waals surface area contributed by atoms with E-state index in [4.69, 9.17) is 0 Å². The van der Waals surface area contributed by atoms with E-state index in [1.165, 1.54) is 30.3 Å². The van der Waals surface area contributed by atoms with Crippen molar-refractivity contribution in [2.45, 2.75) is 26.3 Å². The number of halogens is 3. The maximum atomic E-state index is 12.4. The molecule has 0 aliphatic carbocycles. The van der Waals surface area contributed by atoms with Gasteiger partial charge in [0.2, 0.25) is 0 Å². The molecular formula is C25H25F3N4O2. The Bertz CT molecular complexity index is 1220. The summed E-state index contributed by atoms with van der Waals surface area (Å²) >= 11 is 0. The third kappa shape index (κ3) is 7.06. The van der Waals surface area contributed by atoms with Crippen LogP contribution in [0.1, 0.15) is 30.0 Å². The molecule has 0 aliphatic rings. The van der Waals surface area contributed by atoms with Gasteiger partial charge in [0.15, 0.2) is 0 Å². The molecule has 6 nitrogen and oxygen atoms in total. The van der Waals surface area contributed by atoms with Gasteiger partial charge in [0.25, 0.3) is 5.56 Å². The summed E-state index contributed by atoms with van der Waals surface area (Å²) in [5.74, 6) is 0.522. The molecular weight excluding hydrogens is 445 g/mol. The Morgan fingerprint density at radius 3 is 2.62 bits per heavy atom. The van der Waals surface area contributed by atoms with Crippen LogP contribution in [0.3, 0.4) is 0 Å². The van der Waals surface area contributed by atoms with Crippen LogP contribution in [0.25, 0.3) is 5.70 Å². The lowest BCUT2D eigenvalue weighted by molar-refractivity contribution is -0.274. The molecule has 0 saturated carbocycles. The van der Waals surface area contributed by atoms with Gasteiger partial charge in [0, 0.05) is 43.8 Å². The molecule has 178 valence electrons. The molecule has 0 amide bonds. The Morgan fingerprint density at radius 1 is 1.21 bits per heavy atom. The van der Waals surface area contributed by atoms with Gasteiger partial charge in [-0.25, -0.2) is 4.98 Å². The van der Waals surface area contributed by atoms with Crippen molar-refractivity contribution in [2.75, 3.05) is 18.5 Å². The molecule has 0 radical (unpaired) electrons.